The Morgan fingerprint density at radius 1 is 0.290 bits per heavy atom. The summed E-state index contributed by atoms with van der Waals surface area (Å²) in [5.74, 6) is 1.68. The molecule has 0 bridgehead atoms. The Morgan fingerprint density at radius 2 is 0.870 bits per heavy atom. The molecule has 0 aliphatic carbocycles. The van der Waals surface area contributed by atoms with Crippen molar-refractivity contribution in [3.8, 4) is 73.2 Å². The van der Waals surface area contributed by atoms with E-state index < -0.39 is 0 Å². The fourth-order valence-corrected chi connectivity index (χ4v) is 10.3. The van der Waals surface area contributed by atoms with E-state index >= 15 is 0 Å². The first-order valence-corrected chi connectivity index (χ1v) is 23.2. The highest BCUT2D eigenvalue weighted by Crippen LogP contribution is 2.43. The van der Waals surface area contributed by atoms with E-state index in [9.17, 15) is 0 Å². The predicted octanol–water partition coefficient (Wildman–Crippen LogP) is 16.8. The Kier molecular flexibility index (Phi) is 8.79. The van der Waals surface area contributed by atoms with E-state index in [1.54, 1.807) is 0 Å². The van der Waals surface area contributed by atoms with Crippen molar-refractivity contribution in [3.05, 3.63) is 231 Å². The van der Waals surface area contributed by atoms with E-state index in [0.717, 1.165) is 99.6 Å². The van der Waals surface area contributed by atoms with Crippen LogP contribution in [0.15, 0.2) is 239 Å². The SMILES string of the molecule is c1ccc(-c2nc(-c3ccc4c(c3)oc3c(-c5ccccc5)cccc34)nc(-c3cccc4oc5ccc(-c6ccccc6-c6ccc7c(c6)c6ccccc6n7-c6ccccc6)cc5c34)n2)cc1. The first-order valence-electron chi connectivity index (χ1n) is 23.2. The van der Waals surface area contributed by atoms with Gasteiger partial charge in [-0.3, -0.25) is 0 Å². The van der Waals surface area contributed by atoms with Gasteiger partial charge in [-0.2, -0.15) is 0 Å². The molecule has 0 unspecified atom stereocenters. The standard InChI is InChI=1S/C63H38N4O2/c1-4-16-39(17-5-1)47-25-14-26-50-49-33-30-43(38-58(49)69-60(47)50)62-64-61(40-18-6-2-7-19-40)65-63(66-62)51-27-15-29-57-59(51)53-37-42(32-35-56(53)68-57)46-23-11-10-22-45(46)41-31-34-55-52(36-41)48-24-12-13-28-54(48)67(55)44-20-8-3-9-21-44/h1-38H. The Balaban J connectivity index is 0.910. The molecular weight excluding hydrogens is 845 g/mol. The Morgan fingerprint density at radius 3 is 1.67 bits per heavy atom. The van der Waals surface area contributed by atoms with Crippen molar-refractivity contribution in [2.24, 2.45) is 0 Å². The molecule has 0 atom stereocenters. The number of nitrogens with zero attached hydrogens (tertiary/aromatic N) is 4. The molecule has 14 rings (SSSR count). The molecule has 0 aliphatic heterocycles. The molecule has 0 amide bonds. The van der Waals surface area contributed by atoms with Crippen LogP contribution in [0.5, 0.6) is 0 Å². The fourth-order valence-electron chi connectivity index (χ4n) is 10.3. The number of fused-ring (bicyclic) bond motifs is 9. The molecule has 69 heavy (non-hydrogen) atoms. The van der Waals surface area contributed by atoms with E-state index in [-0.39, 0.29) is 0 Å². The van der Waals surface area contributed by atoms with Crippen LogP contribution in [0.25, 0.3) is 139 Å². The van der Waals surface area contributed by atoms with Crippen LogP contribution in [0.2, 0.25) is 0 Å². The summed E-state index contributed by atoms with van der Waals surface area (Å²) >= 11 is 0. The molecule has 6 heteroatoms. The second-order valence-corrected chi connectivity index (χ2v) is 17.5. The Hall–Kier alpha value is -9.39. The zero-order valence-electron chi connectivity index (χ0n) is 37.0. The first-order chi connectivity index (χ1) is 34.2. The van der Waals surface area contributed by atoms with Gasteiger partial charge in [-0.25, -0.2) is 15.0 Å². The van der Waals surface area contributed by atoms with Crippen LogP contribution < -0.4 is 0 Å². The van der Waals surface area contributed by atoms with Gasteiger partial charge in [-0.05, 0) is 88.5 Å². The third-order valence-corrected chi connectivity index (χ3v) is 13.5. The molecule has 4 heterocycles. The Labute approximate surface area is 396 Å². The molecule has 322 valence electrons. The minimum absolute atomic E-state index is 0.549. The summed E-state index contributed by atoms with van der Waals surface area (Å²) in [5, 5.41) is 6.46. The maximum atomic E-state index is 6.68. The van der Waals surface area contributed by atoms with Gasteiger partial charge in [-0.15, -0.1) is 0 Å². The topological polar surface area (TPSA) is 69.9 Å². The van der Waals surface area contributed by atoms with Gasteiger partial charge in [-0.1, -0.05) is 170 Å². The van der Waals surface area contributed by atoms with Crippen molar-refractivity contribution in [2.75, 3.05) is 0 Å². The number of hydrogen-bond donors (Lipinski definition) is 0. The number of hydrogen-bond acceptors (Lipinski definition) is 5. The van der Waals surface area contributed by atoms with Gasteiger partial charge in [0.25, 0.3) is 0 Å². The molecule has 0 N–H and O–H groups in total. The average molecular weight is 883 g/mol. The zero-order chi connectivity index (χ0) is 45.4. The van der Waals surface area contributed by atoms with Gasteiger partial charge in [0.15, 0.2) is 17.5 Å². The molecule has 6 nitrogen and oxygen atoms in total. The van der Waals surface area contributed by atoms with Crippen molar-refractivity contribution in [3.63, 3.8) is 0 Å². The highest BCUT2D eigenvalue weighted by Gasteiger charge is 2.21. The van der Waals surface area contributed by atoms with Crippen molar-refractivity contribution in [2.45, 2.75) is 0 Å². The largest absolute Gasteiger partial charge is 0.456 e. The van der Waals surface area contributed by atoms with Crippen LogP contribution in [0.1, 0.15) is 0 Å². The molecule has 0 aliphatic rings. The Bertz CT molecular complexity index is 4300. The van der Waals surface area contributed by atoms with E-state index in [1.165, 1.54) is 21.8 Å². The molecule has 0 spiro atoms. The number of para-hydroxylation sites is 3. The normalized spacial score (nSPS) is 11.8. The van der Waals surface area contributed by atoms with Crippen molar-refractivity contribution < 1.29 is 8.83 Å². The van der Waals surface area contributed by atoms with E-state index in [2.05, 4.69) is 187 Å². The molecule has 14 aromatic rings. The van der Waals surface area contributed by atoms with E-state index in [0.29, 0.717) is 17.5 Å². The van der Waals surface area contributed by atoms with Crippen LogP contribution >= 0.6 is 0 Å². The summed E-state index contributed by atoms with van der Waals surface area (Å²) in [4.78, 5) is 15.6. The minimum atomic E-state index is 0.549. The van der Waals surface area contributed by atoms with E-state index in [4.69, 9.17) is 23.8 Å². The maximum Gasteiger partial charge on any atom is 0.164 e. The summed E-state index contributed by atoms with van der Waals surface area (Å²) in [6.45, 7) is 0. The lowest BCUT2D eigenvalue weighted by atomic mass is 9.92. The second kappa shape index (κ2) is 15.6. The van der Waals surface area contributed by atoms with Gasteiger partial charge in [0.2, 0.25) is 0 Å². The summed E-state index contributed by atoms with van der Waals surface area (Å²) in [5.41, 5.74) is 15.9. The minimum Gasteiger partial charge on any atom is -0.456 e. The smallest absolute Gasteiger partial charge is 0.164 e. The number of rotatable bonds is 7. The molecule has 4 aromatic heterocycles. The average Bonchev–Trinajstić information content (AvgIpc) is 4.10. The third kappa shape index (κ3) is 6.38. The fraction of sp³-hybridized carbons (Fsp3) is 0. The maximum absolute atomic E-state index is 6.68. The second-order valence-electron chi connectivity index (χ2n) is 17.5. The molecule has 0 saturated heterocycles. The van der Waals surface area contributed by atoms with Crippen LogP contribution in [0, 0.1) is 0 Å². The number of benzene rings is 10. The number of aromatic nitrogens is 4. The van der Waals surface area contributed by atoms with Gasteiger partial charge >= 0.3 is 0 Å². The van der Waals surface area contributed by atoms with Crippen LogP contribution in [-0.2, 0) is 0 Å². The molecule has 10 aromatic carbocycles. The van der Waals surface area contributed by atoms with Crippen molar-refractivity contribution in [1.29, 1.82) is 0 Å². The lowest BCUT2D eigenvalue weighted by molar-refractivity contribution is 0.669. The highest BCUT2D eigenvalue weighted by molar-refractivity contribution is 6.14. The lowest BCUT2D eigenvalue weighted by Crippen LogP contribution is -2.00. The van der Waals surface area contributed by atoms with Gasteiger partial charge in [0.1, 0.15) is 22.3 Å². The monoisotopic (exact) mass is 882 g/mol. The van der Waals surface area contributed by atoms with Crippen molar-refractivity contribution >= 4 is 65.7 Å². The summed E-state index contributed by atoms with van der Waals surface area (Å²) in [6, 6.07) is 80.4. The zero-order valence-corrected chi connectivity index (χ0v) is 37.0. The van der Waals surface area contributed by atoms with Gasteiger partial charge in [0, 0.05) is 60.3 Å². The van der Waals surface area contributed by atoms with Crippen LogP contribution in [0.3, 0.4) is 0 Å². The van der Waals surface area contributed by atoms with Crippen LogP contribution in [-0.4, -0.2) is 19.5 Å². The quantitative estimate of drug-likeness (QED) is 0.159. The molecule has 0 saturated carbocycles. The van der Waals surface area contributed by atoms with Gasteiger partial charge < -0.3 is 13.4 Å². The molecule has 0 fully saturated rings. The summed E-state index contributed by atoms with van der Waals surface area (Å²) in [6.07, 6.45) is 0. The summed E-state index contributed by atoms with van der Waals surface area (Å²) in [7, 11) is 0. The third-order valence-electron chi connectivity index (χ3n) is 13.5. The lowest BCUT2D eigenvalue weighted by Gasteiger charge is -2.12. The first kappa shape index (κ1) is 38.8. The van der Waals surface area contributed by atoms with Gasteiger partial charge in [0.05, 0.1) is 11.0 Å². The molecule has 0 radical (unpaired) electrons. The highest BCUT2D eigenvalue weighted by atomic mass is 16.3. The van der Waals surface area contributed by atoms with Crippen LogP contribution in [0.4, 0.5) is 0 Å². The van der Waals surface area contributed by atoms with Crippen molar-refractivity contribution in [1.82, 2.24) is 19.5 Å². The predicted molar refractivity (Wildman–Crippen MR) is 281 cm³/mol. The number of furan rings is 2. The summed E-state index contributed by atoms with van der Waals surface area (Å²) < 4.78 is 15.6. The molecular formula is C63H38N4O2. The van der Waals surface area contributed by atoms with E-state index in [1.807, 2.05) is 48.5 Å².